The van der Waals surface area contributed by atoms with E-state index in [0.29, 0.717) is 5.56 Å². The maximum atomic E-state index is 12.2. The number of carbonyl (C=O) groups excluding carboxylic acids is 1. The molecule has 0 radical (unpaired) electrons. The molecular weight excluding hydrogens is 376 g/mol. The molecular formula is C24H24N4O2. The number of aryl methyl sites for hydroxylation is 1. The topological polar surface area (TPSA) is 59.4 Å². The number of hydrogen-bond donors (Lipinski definition) is 1. The highest BCUT2D eigenvalue weighted by Crippen LogP contribution is 2.32. The van der Waals surface area contributed by atoms with Crippen LogP contribution in [0.25, 0.3) is 22.2 Å². The molecule has 0 fully saturated rings. The highest BCUT2D eigenvalue weighted by Gasteiger charge is 2.14. The lowest BCUT2D eigenvalue weighted by molar-refractivity contribution is 0.0827. The van der Waals surface area contributed by atoms with E-state index in [9.17, 15) is 4.79 Å². The second-order valence-electron chi connectivity index (χ2n) is 7.31. The fraction of sp³-hybridized carbons (Fsp3) is 0.167. The van der Waals surface area contributed by atoms with Crippen molar-refractivity contribution in [2.75, 3.05) is 26.5 Å². The first-order chi connectivity index (χ1) is 14.5. The number of nitrogens with one attached hydrogen (secondary N) is 1. The fourth-order valence-electron chi connectivity index (χ4n) is 3.52. The van der Waals surface area contributed by atoms with Gasteiger partial charge in [-0.3, -0.25) is 4.79 Å². The van der Waals surface area contributed by atoms with Crippen LogP contribution in [0, 0.1) is 0 Å². The summed E-state index contributed by atoms with van der Waals surface area (Å²) < 4.78 is 7.45. The van der Waals surface area contributed by atoms with Crippen molar-refractivity contribution >= 4 is 28.3 Å². The standard InChI is InChI=1S/C24H24N4O2/c1-27(2)24(29)17-10-8-16(9-11-17)22-15-20-21(28(22)3)12-13-25-23(20)26-18-6-5-7-19(14-18)30-4/h5-15H,1-4H3,(H,25,26). The number of ether oxygens (including phenoxy) is 1. The molecule has 6 nitrogen and oxygen atoms in total. The minimum atomic E-state index is -0.00688. The van der Waals surface area contributed by atoms with Gasteiger partial charge in [-0.05, 0) is 42.0 Å². The van der Waals surface area contributed by atoms with Crippen molar-refractivity contribution in [3.63, 3.8) is 0 Å². The van der Waals surface area contributed by atoms with E-state index in [-0.39, 0.29) is 5.91 Å². The lowest BCUT2D eigenvalue weighted by Crippen LogP contribution is -2.21. The van der Waals surface area contributed by atoms with E-state index in [2.05, 4.69) is 20.9 Å². The number of carbonyl (C=O) groups is 1. The van der Waals surface area contributed by atoms with Gasteiger partial charge in [0, 0.05) is 55.7 Å². The monoisotopic (exact) mass is 400 g/mol. The number of benzene rings is 2. The number of aromatic nitrogens is 2. The molecule has 0 unspecified atom stereocenters. The van der Waals surface area contributed by atoms with Crippen LogP contribution in [-0.2, 0) is 7.05 Å². The molecule has 0 aliphatic heterocycles. The van der Waals surface area contributed by atoms with E-state index in [4.69, 9.17) is 4.74 Å². The van der Waals surface area contributed by atoms with Gasteiger partial charge in [0.2, 0.25) is 0 Å². The Bertz CT molecular complexity index is 1210. The van der Waals surface area contributed by atoms with Gasteiger partial charge in [0.15, 0.2) is 0 Å². The molecule has 2 aromatic heterocycles. The zero-order valence-corrected chi connectivity index (χ0v) is 17.5. The average Bonchev–Trinajstić information content (AvgIpc) is 3.11. The van der Waals surface area contributed by atoms with Gasteiger partial charge in [-0.25, -0.2) is 4.98 Å². The predicted molar refractivity (Wildman–Crippen MR) is 120 cm³/mol. The Balaban J connectivity index is 1.72. The molecule has 2 aromatic carbocycles. The Labute approximate surface area is 175 Å². The van der Waals surface area contributed by atoms with E-state index >= 15 is 0 Å². The first-order valence-corrected chi connectivity index (χ1v) is 9.65. The molecule has 6 heteroatoms. The summed E-state index contributed by atoms with van der Waals surface area (Å²) in [6.07, 6.45) is 1.80. The Morgan fingerprint density at radius 2 is 1.83 bits per heavy atom. The number of rotatable bonds is 5. The summed E-state index contributed by atoms with van der Waals surface area (Å²) in [7, 11) is 7.19. The highest BCUT2D eigenvalue weighted by atomic mass is 16.5. The fourth-order valence-corrected chi connectivity index (χ4v) is 3.52. The van der Waals surface area contributed by atoms with Crippen molar-refractivity contribution < 1.29 is 9.53 Å². The molecule has 2 heterocycles. The molecule has 0 bridgehead atoms. The summed E-state index contributed by atoms with van der Waals surface area (Å²) in [5.41, 5.74) is 4.74. The third-order valence-electron chi connectivity index (χ3n) is 5.14. The minimum absolute atomic E-state index is 0.00688. The van der Waals surface area contributed by atoms with Crippen molar-refractivity contribution in [2.24, 2.45) is 7.05 Å². The SMILES string of the molecule is COc1cccc(Nc2nccc3c2cc(-c2ccc(C(=O)N(C)C)cc2)n3C)c1. The molecule has 4 aromatic rings. The molecule has 1 amide bonds. The van der Waals surface area contributed by atoms with Crippen molar-refractivity contribution in [3.8, 4) is 17.0 Å². The molecule has 0 aliphatic carbocycles. The van der Waals surface area contributed by atoms with Crippen LogP contribution in [-0.4, -0.2) is 41.6 Å². The zero-order chi connectivity index (χ0) is 21.3. The van der Waals surface area contributed by atoms with Crippen molar-refractivity contribution in [3.05, 3.63) is 72.4 Å². The molecule has 30 heavy (non-hydrogen) atoms. The average molecular weight is 400 g/mol. The highest BCUT2D eigenvalue weighted by molar-refractivity contribution is 5.97. The summed E-state index contributed by atoms with van der Waals surface area (Å²) in [6.45, 7) is 0. The largest absolute Gasteiger partial charge is 0.497 e. The summed E-state index contributed by atoms with van der Waals surface area (Å²) in [5, 5.41) is 4.42. The smallest absolute Gasteiger partial charge is 0.253 e. The maximum absolute atomic E-state index is 12.2. The van der Waals surface area contributed by atoms with E-state index in [0.717, 1.165) is 39.4 Å². The number of methoxy groups -OCH3 is 1. The van der Waals surface area contributed by atoms with Crippen LogP contribution < -0.4 is 10.1 Å². The number of amides is 1. The van der Waals surface area contributed by atoms with Gasteiger partial charge in [-0.2, -0.15) is 0 Å². The summed E-state index contributed by atoms with van der Waals surface area (Å²) in [4.78, 5) is 18.3. The van der Waals surface area contributed by atoms with Gasteiger partial charge in [-0.1, -0.05) is 18.2 Å². The number of hydrogen-bond acceptors (Lipinski definition) is 4. The van der Waals surface area contributed by atoms with Gasteiger partial charge in [0.05, 0.1) is 12.6 Å². The molecule has 0 aliphatic rings. The second-order valence-corrected chi connectivity index (χ2v) is 7.31. The van der Waals surface area contributed by atoms with E-state index in [1.807, 2.05) is 61.6 Å². The van der Waals surface area contributed by atoms with Gasteiger partial charge in [-0.15, -0.1) is 0 Å². The maximum Gasteiger partial charge on any atom is 0.253 e. The third-order valence-corrected chi connectivity index (χ3v) is 5.14. The lowest BCUT2D eigenvalue weighted by atomic mass is 10.1. The second kappa shape index (κ2) is 7.91. The van der Waals surface area contributed by atoms with Gasteiger partial charge in [0.1, 0.15) is 11.6 Å². The molecule has 152 valence electrons. The quantitative estimate of drug-likeness (QED) is 0.528. The summed E-state index contributed by atoms with van der Waals surface area (Å²) in [6, 6.07) is 19.6. The number of pyridine rings is 1. The van der Waals surface area contributed by atoms with Crippen LogP contribution in [0.1, 0.15) is 10.4 Å². The van der Waals surface area contributed by atoms with Crippen LogP contribution in [0.2, 0.25) is 0 Å². The normalized spacial score (nSPS) is 10.8. The lowest BCUT2D eigenvalue weighted by Gasteiger charge is -2.11. The molecule has 1 N–H and O–H groups in total. The number of nitrogens with zero attached hydrogens (tertiary/aromatic N) is 3. The number of anilines is 2. The first kappa shape index (κ1) is 19.5. The van der Waals surface area contributed by atoms with Gasteiger partial charge in [0.25, 0.3) is 5.91 Å². The Kier molecular flexibility index (Phi) is 5.14. The van der Waals surface area contributed by atoms with Gasteiger partial charge < -0.3 is 19.5 Å². The first-order valence-electron chi connectivity index (χ1n) is 9.65. The molecule has 4 rings (SSSR count). The van der Waals surface area contributed by atoms with E-state index < -0.39 is 0 Å². The Hall–Kier alpha value is -3.80. The van der Waals surface area contributed by atoms with Crippen LogP contribution in [0.15, 0.2) is 66.9 Å². The zero-order valence-electron chi connectivity index (χ0n) is 17.5. The Morgan fingerprint density at radius 3 is 2.53 bits per heavy atom. The third kappa shape index (κ3) is 3.59. The van der Waals surface area contributed by atoms with E-state index in [1.54, 1.807) is 32.3 Å². The van der Waals surface area contributed by atoms with Crippen LogP contribution in [0.4, 0.5) is 11.5 Å². The van der Waals surface area contributed by atoms with Crippen LogP contribution >= 0.6 is 0 Å². The molecule has 0 saturated carbocycles. The van der Waals surface area contributed by atoms with Crippen molar-refractivity contribution in [2.45, 2.75) is 0 Å². The summed E-state index contributed by atoms with van der Waals surface area (Å²) >= 11 is 0. The number of fused-ring (bicyclic) bond motifs is 1. The van der Waals surface area contributed by atoms with Crippen molar-refractivity contribution in [1.82, 2.24) is 14.5 Å². The van der Waals surface area contributed by atoms with Crippen LogP contribution in [0.3, 0.4) is 0 Å². The Morgan fingerprint density at radius 1 is 1.07 bits per heavy atom. The van der Waals surface area contributed by atoms with Crippen molar-refractivity contribution in [1.29, 1.82) is 0 Å². The molecule has 0 atom stereocenters. The van der Waals surface area contributed by atoms with Gasteiger partial charge >= 0.3 is 0 Å². The van der Waals surface area contributed by atoms with E-state index in [1.165, 1.54) is 0 Å². The minimum Gasteiger partial charge on any atom is -0.497 e. The molecule has 0 saturated heterocycles. The molecule has 0 spiro atoms. The predicted octanol–water partition coefficient (Wildman–Crippen LogP) is 4.69. The van der Waals surface area contributed by atoms with Crippen LogP contribution in [0.5, 0.6) is 5.75 Å². The summed E-state index contributed by atoms with van der Waals surface area (Å²) in [5.74, 6) is 1.56.